The number of halogens is 1. The van der Waals surface area contributed by atoms with Crippen LogP contribution in [0.3, 0.4) is 0 Å². The number of rotatable bonds is 7. The molecule has 1 atom stereocenters. The van der Waals surface area contributed by atoms with E-state index in [1.165, 1.54) is 6.26 Å². The molecule has 0 unspecified atom stereocenters. The van der Waals surface area contributed by atoms with Gasteiger partial charge in [-0.05, 0) is 43.4 Å². The number of nitrogens with zero attached hydrogens (tertiary/aromatic N) is 1. The van der Waals surface area contributed by atoms with Crippen LogP contribution in [0.2, 0.25) is 5.02 Å². The van der Waals surface area contributed by atoms with Crippen LogP contribution in [-0.2, 0) is 15.6 Å². The van der Waals surface area contributed by atoms with Crippen molar-refractivity contribution in [3.05, 3.63) is 70.2 Å². The molecule has 2 aromatic rings. The first-order valence-corrected chi connectivity index (χ1v) is 10.6. The number of hydrogen-bond acceptors (Lipinski definition) is 4. The summed E-state index contributed by atoms with van der Waals surface area (Å²) in [5.74, 6) is -0.251. The van der Waals surface area contributed by atoms with E-state index in [1.807, 2.05) is 43.3 Å². The molecule has 26 heavy (non-hydrogen) atoms. The fourth-order valence-corrected chi connectivity index (χ4v) is 3.72. The van der Waals surface area contributed by atoms with Crippen LogP contribution in [-0.4, -0.2) is 46.1 Å². The zero-order valence-electron chi connectivity index (χ0n) is 15.1. The molecule has 0 aromatic heterocycles. The van der Waals surface area contributed by atoms with E-state index >= 15 is 0 Å². The lowest BCUT2D eigenvalue weighted by molar-refractivity contribution is 0.0942. The minimum atomic E-state index is -3.09. The van der Waals surface area contributed by atoms with Crippen LogP contribution in [0.1, 0.15) is 27.5 Å². The van der Waals surface area contributed by atoms with Gasteiger partial charge in [0.1, 0.15) is 0 Å². The summed E-state index contributed by atoms with van der Waals surface area (Å²) in [5, 5.41) is 3.57. The van der Waals surface area contributed by atoms with Crippen molar-refractivity contribution in [2.45, 2.75) is 11.8 Å². The van der Waals surface area contributed by atoms with Gasteiger partial charge in [-0.25, -0.2) is 8.42 Å². The Morgan fingerprint density at radius 1 is 1.12 bits per heavy atom. The van der Waals surface area contributed by atoms with Crippen LogP contribution < -0.4 is 5.32 Å². The number of amides is 1. The predicted octanol–water partition coefficient (Wildman–Crippen LogP) is 2.92. The van der Waals surface area contributed by atoms with E-state index in [9.17, 15) is 13.2 Å². The van der Waals surface area contributed by atoms with Crippen molar-refractivity contribution in [3.8, 4) is 0 Å². The predicted molar refractivity (Wildman–Crippen MR) is 105 cm³/mol. The van der Waals surface area contributed by atoms with Crippen molar-refractivity contribution in [2.24, 2.45) is 0 Å². The lowest BCUT2D eigenvalue weighted by Crippen LogP contribution is -2.34. The number of carbonyl (C=O) groups excluding carboxylic acids is 1. The molecule has 0 bridgehead atoms. The van der Waals surface area contributed by atoms with Crippen molar-refractivity contribution in [1.82, 2.24) is 10.2 Å². The Morgan fingerprint density at radius 2 is 1.73 bits per heavy atom. The number of benzene rings is 2. The van der Waals surface area contributed by atoms with Gasteiger partial charge in [0.2, 0.25) is 0 Å². The molecule has 0 saturated carbocycles. The number of likely N-dealkylation sites (N-methyl/N-ethyl adjacent to an activating group) is 1. The Bertz CT molecular complexity index is 865. The van der Waals surface area contributed by atoms with Crippen LogP contribution in [0.25, 0.3) is 0 Å². The topological polar surface area (TPSA) is 66.5 Å². The standard InChI is InChI=1S/C19H23ClN2O3S/c1-22(2)18(16-6-4-5-7-17(16)20)12-21-19(23)15-10-8-14(9-11-15)13-26(3,24)25/h4-11,18H,12-13H2,1-3H3,(H,21,23)/t18-/m1/s1. The average Bonchev–Trinajstić information content (AvgIpc) is 2.55. The van der Waals surface area contributed by atoms with Crippen LogP contribution in [0, 0.1) is 0 Å². The second-order valence-corrected chi connectivity index (χ2v) is 9.03. The normalized spacial score (nSPS) is 12.8. The van der Waals surface area contributed by atoms with Gasteiger partial charge in [-0.3, -0.25) is 4.79 Å². The van der Waals surface area contributed by atoms with Crippen LogP contribution >= 0.6 is 11.6 Å². The van der Waals surface area contributed by atoms with Gasteiger partial charge in [0.15, 0.2) is 9.84 Å². The Labute approximate surface area is 159 Å². The largest absolute Gasteiger partial charge is 0.350 e. The zero-order valence-corrected chi connectivity index (χ0v) is 16.6. The molecule has 1 amide bonds. The summed E-state index contributed by atoms with van der Waals surface area (Å²) in [5.41, 5.74) is 2.09. The number of carbonyl (C=O) groups is 1. The van der Waals surface area contributed by atoms with E-state index < -0.39 is 9.84 Å². The fraction of sp³-hybridized carbons (Fsp3) is 0.316. The van der Waals surface area contributed by atoms with Crippen molar-refractivity contribution < 1.29 is 13.2 Å². The molecule has 0 heterocycles. The molecule has 0 radical (unpaired) electrons. The summed E-state index contributed by atoms with van der Waals surface area (Å²) < 4.78 is 22.7. The maximum atomic E-state index is 12.4. The van der Waals surface area contributed by atoms with Crippen molar-refractivity contribution in [1.29, 1.82) is 0 Å². The van der Waals surface area contributed by atoms with Crippen LogP contribution in [0.15, 0.2) is 48.5 Å². The highest BCUT2D eigenvalue weighted by molar-refractivity contribution is 7.89. The van der Waals surface area contributed by atoms with E-state index in [0.717, 1.165) is 5.56 Å². The average molecular weight is 395 g/mol. The van der Waals surface area contributed by atoms with Crippen LogP contribution in [0.5, 0.6) is 0 Å². The van der Waals surface area contributed by atoms with Gasteiger partial charge in [0.25, 0.3) is 5.91 Å². The quantitative estimate of drug-likeness (QED) is 0.784. The minimum Gasteiger partial charge on any atom is -0.350 e. The van der Waals surface area contributed by atoms with Gasteiger partial charge >= 0.3 is 0 Å². The van der Waals surface area contributed by atoms with E-state index in [-0.39, 0.29) is 17.7 Å². The minimum absolute atomic E-state index is 0.0376. The summed E-state index contributed by atoms with van der Waals surface area (Å²) in [4.78, 5) is 14.4. The molecule has 1 N–H and O–H groups in total. The molecule has 2 aromatic carbocycles. The van der Waals surface area contributed by atoms with Gasteiger partial charge in [0, 0.05) is 23.4 Å². The monoisotopic (exact) mass is 394 g/mol. The van der Waals surface area contributed by atoms with Crippen LogP contribution in [0.4, 0.5) is 0 Å². The molecule has 5 nitrogen and oxygen atoms in total. The first kappa shape index (κ1) is 20.4. The first-order chi connectivity index (χ1) is 12.2. The highest BCUT2D eigenvalue weighted by atomic mass is 35.5. The third-order valence-electron chi connectivity index (χ3n) is 3.99. The Hall–Kier alpha value is -1.89. The summed E-state index contributed by atoms with van der Waals surface area (Å²) in [6.07, 6.45) is 1.18. The SMILES string of the molecule is CN(C)[C@H](CNC(=O)c1ccc(CS(C)(=O)=O)cc1)c1ccccc1Cl. The molecule has 0 aliphatic carbocycles. The van der Waals surface area contributed by atoms with E-state index in [1.54, 1.807) is 24.3 Å². The van der Waals surface area contributed by atoms with Gasteiger partial charge in [-0.15, -0.1) is 0 Å². The maximum absolute atomic E-state index is 12.4. The molecule has 2 rings (SSSR count). The Kier molecular flexibility index (Phi) is 6.81. The van der Waals surface area contributed by atoms with Gasteiger partial charge in [0.05, 0.1) is 11.8 Å². The van der Waals surface area contributed by atoms with E-state index in [0.29, 0.717) is 22.7 Å². The lowest BCUT2D eigenvalue weighted by atomic mass is 10.1. The highest BCUT2D eigenvalue weighted by Crippen LogP contribution is 2.25. The molecule has 0 aliphatic rings. The number of nitrogens with one attached hydrogen (secondary N) is 1. The summed E-state index contributed by atoms with van der Waals surface area (Å²) in [7, 11) is 0.767. The van der Waals surface area contributed by atoms with Crippen molar-refractivity contribution in [2.75, 3.05) is 26.9 Å². The lowest BCUT2D eigenvalue weighted by Gasteiger charge is -2.26. The zero-order chi connectivity index (χ0) is 19.3. The molecule has 0 spiro atoms. The number of sulfone groups is 1. The molecule has 7 heteroatoms. The van der Waals surface area contributed by atoms with Gasteiger partial charge in [-0.1, -0.05) is 41.9 Å². The van der Waals surface area contributed by atoms with Crippen molar-refractivity contribution >= 4 is 27.3 Å². The fourth-order valence-electron chi connectivity index (χ4n) is 2.66. The molecule has 0 fully saturated rings. The van der Waals surface area contributed by atoms with Gasteiger partial charge < -0.3 is 10.2 Å². The maximum Gasteiger partial charge on any atom is 0.251 e. The van der Waals surface area contributed by atoms with E-state index in [4.69, 9.17) is 11.6 Å². The number of hydrogen-bond donors (Lipinski definition) is 1. The van der Waals surface area contributed by atoms with Crippen molar-refractivity contribution in [3.63, 3.8) is 0 Å². The first-order valence-electron chi connectivity index (χ1n) is 8.13. The Balaban J connectivity index is 2.05. The Morgan fingerprint density at radius 3 is 2.27 bits per heavy atom. The third kappa shape index (κ3) is 5.83. The molecule has 0 saturated heterocycles. The summed E-state index contributed by atoms with van der Waals surface area (Å²) in [6, 6.07) is 14.1. The molecule has 0 aliphatic heterocycles. The molecular formula is C19H23ClN2O3S. The van der Waals surface area contributed by atoms with E-state index in [2.05, 4.69) is 5.32 Å². The highest BCUT2D eigenvalue weighted by Gasteiger charge is 2.18. The molecular weight excluding hydrogens is 372 g/mol. The molecule has 140 valence electrons. The summed E-state index contributed by atoms with van der Waals surface area (Å²) in [6.45, 7) is 0.403. The summed E-state index contributed by atoms with van der Waals surface area (Å²) >= 11 is 6.28. The second kappa shape index (κ2) is 8.66. The second-order valence-electron chi connectivity index (χ2n) is 6.48. The third-order valence-corrected chi connectivity index (χ3v) is 5.19. The smallest absolute Gasteiger partial charge is 0.251 e. The van der Waals surface area contributed by atoms with Gasteiger partial charge in [-0.2, -0.15) is 0 Å².